The largest absolute Gasteiger partial charge is 0.356 e. The molecule has 1 aromatic heterocycles. The molecule has 0 spiro atoms. The fourth-order valence-corrected chi connectivity index (χ4v) is 7.07. The van der Waals surface area contributed by atoms with Gasteiger partial charge in [-0.05, 0) is 85.5 Å². The normalized spacial score (nSPS) is 14.4. The molecule has 0 fully saturated rings. The summed E-state index contributed by atoms with van der Waals surface area (Å²) < 4.78 is 29.2. The van der Waals surface area contributed by atoms with Crippen LogP contribution in [0.1, 0.15) is 33.5 Å². The third-order valence-corrected chi connectivity index (χ3v) is 9.62. The molecule has 10 nitrogen and oxygen atoms in total. The molecule has 1 aliphatic heterocycles. The second kappa shape index (κ2) is 12.9. The number of pyridine rings is 1. The Labute approximate surface area is 260 Å². The number of sulfonamides is 1. The minimum absolute atomic E-state index is 0.00900. The first-order valence-corrected chi connectivity index (χ1v) is 15.6. The van der Waals surface area contributed by atoms with Gasteiger partial charge in [0, 0.05) is 35.2 Å². The summed E-state index contributed by atoms with van der Waals surface area (Å²) in [6, 6.07) is 18.8. The van der Waals surface area contributed by atoms with E-state index in [1.54, 1.807) is 80.8 Å². The highest BCUT2D eigenvalue weighted by molar-refractivity contribution is 7.93. The van der Waals surface area contributed by atoms with E-state index in [0.29, 0.717) is 39.5 Å². The van der Waals surface area contributed by atoms with Crippen molar-refractivity contribution in [2.24, 2.45) is 0 Å². The SMILES string of the molecule is Cc1cc(S(=O)(=O)N2c3ccccc3NC(=O)C2CC(=O)NCCc2ccc(NC(=O)c3ccncc3)cc2)c(C)cc1Cl. The summed E-state index contributed by atoms with van der Waals surface area (Å²) in [5, 5.41) is 8.78. The standard InChI is InChI=1S/C32H30ClN5O5S/c1-20-18-29(21(2)17-25(20)33)44(42,43)38-27-6-4-3-5-26(27)37-32(41)28(38)19-30(39)35-16-11-22-7-9-24(10-8-22)36-31(40)23-12-14-34-15-13-23/h3-10,12-15,17-18,28H,11,16,19H2,1-2H3,(H,35,39)(H,36,40)(H,37,41). The van der Waals surface area contributed by atoms with Crippen LogP contribution < -0.4 is 20.3 Å². The molecule has 4 aromatic rings. The first-order valence-electron chi connectivity index (χ1n) is 13.8. The Hall–Kier alpha value is -4.74. The van der Waals surface area contributed by atoms with Gasteiger partial charge in [0.1, 0.15) is 6.04 Å². The van der Waals surface area contributed by atoms with Crippen molar-refractivity contribution in [1.82, 2.24) is 10.3 Å². The molecule has 12 heteroatoms. The molecule has 0 aliphatic carbocycles. The van der Waals surface area contributed by atoms with Gasteiger partial charge >= 0.3 is 0 Å². The van der Waals surface area contributed by atoms with Gasteiger partial charge in [0.05, 0.1) is 22.7 Å². The molecule has 3 N–H and O–H groups in total. The van der Waals surface area contributed by atoms with E-state index in [0.717, 1.165) is 9.87 Å². The van der Waals surface area contributed by atoms with Gasteiger partial charge in [-0.15, -0.1) is 0 Å². The Bertz CT molecular complexity index is 1830. The number of para-hydroxylation sites is 2. The lowest BCUT2D eigenvalue weighted by Gasteiger charge is -2.37. The first-order chi connectivity index (χ1) is 21.0. The lowest BCUT2D eigenvalue weighted by atomic mass is 10.1. The Balaban J connectivity index is 1.27. The fraction of sp³-hybridized carbons (Fsp3) is 0.188. The molecule has 0 saturated carbocycles. The summed E-state index contributed by atoms with van der Waals surface area (Å²) in [4.78, 5) is 42.6. The Morgan fingerprint density at radius 1 is 0.977 bits per heavy atom. The molecule has 3 aromatic carbocycles. The maximum atomic E-state index is 14.1. The maximum absolute atomic E-state index is 14.1. The zero-order valence-electron chi connectivity index (χ0n) is 24.0. The molecule has 44 heavy (non-hydrogen) atoms. The predicted octanol–water partition coefficient (Wildman–Crippen LogP) is 4.87. The third kappa shape index (κ3) is 6.58. The number of anilines is 3. The third-order valence-electron chi connectivity index (χ3n) is 7.25. The van der Waals surface area contributed by atoms with E-state index in [4.69, 9.17) is 11.6 Å². The molecule has 5 rings (SSSR count). The van der Waals surface area contributed by atoms with Gasteiger partial charge < -0.3 is 16.0 Å². The number of hydrogen-bond acceptors (Lipinski definition) is 6. The number of nitrogens with one attached hydrogen (secondary N) is 3. The second-order valence-corrected chi connectivity index (χ2v) is 12.6. The molecule has 226 valence electrons. The lowest BCUT2D eigenvalue weighted by Crippen LogP contribution is -2.53. The average Bonchev–Trinajstić information content (AvgIpc) is 3.00. The van der Waals surface area contributed by atoms with E-state index in [1.165, 1.54) is 6.07 Å². The molecular formula is C32H30ClN5O5S. The number of carbonyl (C=O) groups is 3. The first kappa shape index (κ1) is 30.7. The van der Waals surface area contributed by atoms with E-state index in [1.807, 2.05) is 12.1 Å². The Morgan fingerprint density at radius 3 is 2.41 bits per heavy atom. The van der Waals surface area contributed by atoms with Gasteiger partial charge in [0.2, 0.25) is 11.8 Å². The molecule has 2 heterocycles. The topological polar surface area (TPSA) is 138 Å². The van der Waals surface area contributed by atoms with Crippen molar-refractivity contribution < 1.29 is 22.8 Å². The van der Waals surface area contributed by atoms with Crippen molar-refractivity contribution >= 4 is 56.4 Å². The van der Waals surface area contributed by atoms with Crippen LogP contribution in [0, 0.1) is 13.8 Å². The van der Waals surface area contributed by atoms with Gasteiger partial charge in [-0.3, -0.25) is 23.7 Å². The zero-order valence-corrected chi connectivity index (χ0v) is 25.6. The fourth-order valence-electron chi connectivity index (χ4n) is 4.93. The number of aromatic nitrogens is 1. The van der Waals surface area contributed by atoms with E-state index in [-0.39, 0.29) is 29.5 Å². The van der Waals surface area contributed by atoms with Crippen molar-refractivity contribution in [3.05, 3.63) is 112 Å². The number of fused-ring (bicyclic) bond motifs is 1. The van der Waals surface area contributed by atoms with Crippen molar-refractivity contribution in [1.29, 1.82) is 0 Å². The lowest BCUT2D eigenvalue weighted by molar-refractivity contribution is -0.125. The van der Waals surface area contributed by atoms with Gasteiger partial charge in [0.25, 0.3) is 15.9 Å². The van der Waals surface area contributed by atoms with E-state index >= 15 is 0 Å². The molecular weight excluding hydrogens is 602 g/mol. The van der Waals surface area contributed by atoms with Crippen molar-refractivity contribution in [2.45, 2.75) is 37.6 Å². The van der Waals surface area contributed by atoms with Crippen LogP contribution in [-0.2, 0) is 26.0 Å². The van der Waals surface area contributed by atoms with Crippen molar-refractivity contribution in [3.8, 4) is 0 Å². The number of aryl methyl sites for hydroxylation is 2. The van der Waals surface area contributed by atoms with Crippen molar-refractivity contribution in [2.75, 3.05) is 21.5 Å². The second-order valence-electron chi connectivity index (χ2n) is 10.4. The number of hydrogen-bond donors (Lipinski definition) is 3. The minimum atomic E-state index is -4.27. The summed E-state index contributed by atoms with van der Waals surface area (Å²) >= 11 is 6.22. The van der Waals surface area contributed by atoms with Crippen molar-refractivity contribution in [3.63, 3.8) is 0 Å². The molecule has 3 amide bonds. The van der Waals surface area contributed by atoms with E-state index in [2.05, 4.69) is 20.9 Å². The predicted molar refractivity (Wildman–Crippen MR) is 169 cm³/mol. The Kier molecular flexibility index (Phi) is 8.98. The van der Waals surface area contributed by atoms with Gasteiger partial charge in [-0.25, -0.2) is 8.42 Å². The highest BCUT2D eigenvalue weighted by Gasteiger charge is 2.42. The number of benzene rings is 3. The number of halogens is 1. The molecule has 0 bridgehead atoms. The highest BCUT2D eigenvalue weighted by Crippen LogP contribution is 2.38. The quantitative estimate of drug-likeness (QED) is 0.241. The van der Waals surface area contributed by atoms with Crippen LogP contribution in [0.3, 0.4) is 0 Å². The van der Waals surface area contributed by atoms with Crippen LogP contribution in [0.25, 0.3) is 0 Å². The summed E-state index contributed by atoms with van der Waals surface area (Å²) in [5.74, 6) is -1.33. The summed E-state index contributed by atoms with van der Waals surface area (Å²) in [6.07, 6.45) is 3.19. The Morgan fingerprint density at radius 2 is 1.68 bits per heavy atom. The average molecular weight is 632 g/mol. The van der Waals surface area contributed by atoms with E-state index in [9.17, 15) is 22.8 Å². The molecule has 1 atom stereocenters. The van der Waals surface area contributed by atoms with Crippen LogP contribution >= 0.6 is 11.6 Å². The molecule has 1 aliphatic rings. The van der Waals surface area contributed by atoms with Gasteiger partial charge in [-0.2, -0.15) is 0 Å². The van der Waals surface area contributed by atoms with Gasteiger partial charge in [0.15, 0.2) is 0 Å². The van der Waals surface area contributed by atoms with E-state index < -0.39 is 27.9 Å². The summed E-state index contributed by atoms with van der Waals surface area (Å²) in [6.45, 7) is 3.60. The smallest absolute Gasteiger partial charge is 0.265 e. The van der Waals surface area contributed by atoms with Crippen LogP contribution in [0.15, 0.2) is 90.1 Å². The van der Waals surface area contributed by atoms with Crippen LogP contribution in [0.5, 0.6) is 0 Å². The zero-order chi connectivity index (χ0) is 31.4. The molecule has 0 saturated heterocycles. The minimum Gasteiger partial charge on any atom is -0.356 e. The summed E-state index contributed by atoms with van der Waals surface area (Å²) in [7, 11) is -4.27. The number of nitrogens with zero attached hydrogens (tertiary/aromatic N) is 2. The summed E-state index contributed by atoms with van der Waals surface area (Å²) in [5.41, 5.74) is 3.63. The number of rotatable bonds is 9. The highest BCUT2D eigenvalue weighted by atomic mass is 35.5. The number of amides is 3. The molecule has 1 unspecified atom stereocenters. The van der Waals surface area contributed by atoms with Crippen LogP contribution in [0.4, 0.5) is 17.1 Å². The maximum Gasteiger partial charge on any atom is 0.265 e. The van der Waals surface area contributed by atoms with Crippen LogP contribution in [-0.4, -0.2) is 43.7 Å². The molecule has 0 radical (unpaired) electrons. The monoisotopic (exact) mass is 631 g/mol. The van der Waals surface area contributed by atoms with Crippen LogP contribution in [0.2, 0.25) is 5.02 Å². The number of carbonyl (C=O) groups excluding carboxylic acids is 3. The van der Waals surface area contributed by atoms with Gasteiger partial charge in [-0.1, -0.05) is 35.9 Å².